The summed E-state index contributed by atoms with van der Waals surface area (Å²) in [4.78, 5) is 24.2. The first kappa shape index (κ1) is 20.7. The number of benzene rings is 1. The number of halogens is 1. The molecule has 3 aromatic rings. The summed E-state index contributed by atoms with van der Waals surface area (Å²) in [5.74, 6) is 2.48. The third kappa shape index (κ3) is 4.29. The van der Waals surface area contributed by atoms with Gasteiger partial charge in [-0.2, -0.15) is 4.98 Å². The van der Waals surface area contributed by atoms with Crippen LogP contribution >= 0.6 is 11.6 Å². The van der Waals surface area contributed by atoms with Gasteiger partial charge >= 0.3 is 0 Å². The van der Waals surface area contributed by atoms with Crippen LogP contribution in [0.3, 0.4) is 0 Å². The van der Waals surface area contributed by atoms with Gasteiger partial charge in [0, 0.05) is 30.2 Å². The van der Waals surface area contributed by atoms with Crippen LogP contribution in [-0.2, 0) is 11.2 Å². The van der Waals surface area contributed by atoms with Crippen LogP contribution in [0.2, 0.25) is 5.02 Å². The Morgan fingerprint density at radius 2 is 2.00 bits per heavy atom. The minimum atomic E-state index is -0.0532. The molecule has 30 heavy (non-hydrogen) atoms. The molecule has 158 valence electrons. The van der Waals surface area contributed by atoms with Gasteiger partial charge in [-0.15, -0.1) is 0 Å². The number of carbonyl (C=O) groups excluding carboxylic acids is 1. The number of nitrogens with zero attached hydrogens (tertiary/aromatic N) is 3. The Bertz CT molecular complexity index is 1060. The molecule has 6 nitrogen and oxygen atoms in total. The average Bonchev–Trinajstić information content (AvgIpc) is 3.02. The Morgan fingerprint density at radius 3 is 2.77 bits per heavy atom. The summed E-state index contributed by atoms with van der Waals surface area (Å²) in [7, 11) is 0. The first-order valence-electron chi connectivity index (χ1n) is 10.4. The highest BCUT2D eigenvalue weighted by Gasteiger charge is 2.29. The van der Waals surface area contributed by atoms with E-state index in [0.29, 0.717) is 24.6 Å². The third-order valence-corrected chi connectivity index (χ3v) is 6.09. The summed E-state index contributed by atoms with van der Waals surface area (Å²) >= 11 is 5.93. The van der Waals surface area contributed by atoms with Crippen LogP contribution in [0.5, 0.6) is 0 Å². The summed E-state index contributed by atoms with van der Waals surface area (Å²) in [5, 5.41) is 4.79. The van der Waals surface area contributed by atoms with Crippen LogP contribution in [0, 0.1) is 26.7 Å². The lowest BCUT2D eigenvalue weighted by atomic mass is 9.96. The van der Waals surface area contributed by atoms with Crippen molar-refractivity contribution in [2.24, 2.45) is 5.92 Å². The van der Waals surface area contributed by atoms with Crippen molar-refractivity contribution in [3.05, 3.63) is 52.0 Å². The highest BCUT2D eigenvalue weighted by atomic mass is 35.5. The van der Waals surface area contributed by atoms with E-state index in [-0.39, 0.29) is 11.8 Å². The van der Waals surface area contributed by atoms with Crippen molar-refractivity contribution >= 4 is 34.4 Å². The van der Waals surface area contributed by atoms with Crippen molar-refractivity contribution in [1.29, 1.82) is 0 Å². The fourth-order valence-corrected chi connectivity index (χ4v) is 4.20. The highest BCUT2D eigenvalue weighted by Crippen LogP contribution is 2.33. The highest BCUT2D eigenvalue weighted by molar-refractivity contribution is 6.30. The third-order valence-electron chi connectivity index (χ3n) is 5.84. The molecule has 1 atom stereocenters. The number of furan rings is 1. The monoisotopic (exact) mass is 426 g/mol. The van der Waals surface area contributed by atoms with Crippen LogP contribution in [0.15, 0.2) is 28.7 Å². The van der Waals surface area contributed by atoms with Crippen LogP contribution in [0.1, 0.15) is 35.6 Å². The zero-order valence-corrected chi connectivity index (χ0v) is 18.4. The number of piperidine rings is 1. The molecule has 1 saturated heterocycles. The maximum absolute atomic E-state index is 12.8. The fourth-order valence-electron chi connectivity index (χ4n) is 4.07. The maximum atomic E-state index is 12.8. The van der Waals surface area contributed by atoms with E-state index in [1.807, 2.05) is 45.0 Å². The minimum Gasteiger partial charge on any atom is -0.443 e. The summed E-state index contributed by atoms with van der Waals surface area (Å²) < 4.78 is 5.82. The van der Waals surface area contributed by atoms with Gasteiger partial charge in [0.05, 0.1) is 11.3 Å². The largest absolute Gasteiger partial charge is 0.443 e. The zero-order valence-electron chi connectivity index (χ0n) is 17.7. The zero-order chi connectivity index (χ0) is 21.3. The molecule has 1 aromatic carbocycles. The molecule has 7 heteroatoms. The standard InChI is InChI=1S/C23H27ClN4O2/c1-14-15(2)30-23-20(14)21(26-16(3)27-23)28-12-4-5-18(13-28)22(29)25-11-10-17-6-8-19(24)9-7-17/h6-9,18H,4-5,10-13H2,1-3H3,(H,25,29)/t18-/m1/s1. The molecule has 3 heterocycles. The van der Waals surface area contributed by atoms with Crippen molar-refractivity contribution in [1.82, 2.24) is 15.3 Å². The van der Waals surface area contributed by atoms with Crippen molar-refractivity contribution in [2.45, 2.75) is 40.0 Å². The Labute approximate surface area is 181 Å². The maximum Gasteiger partial charge on any atom is 0.231 e. The predicted octanol–water partition coefficient (Wildman–Crippen LogP) is 4.38. The number of anilines is 1. The average molecular weight is 427 g/mol. The molecular formula is C23H27ClN4O2. The van der Waals surface area contributed by atoms with Crippen LogP contribution in [0.4, 0.5) is 5.82 Å². The molecule has 4 rings (SSSR count). The van der Waals surface area contributed by atoms with E-state index in [0.717, 1.165) is 58.9 Å². The van der Waals surface area contributed by atoms with Gasteiger partial charge < -0.3 is 14.6 Å². The molecule has 0 unspecified atom stereocenters. The summed E-state index contributed by atoms with van der Waals surface area (Å²) in [6.07, 6.45) is 2.63. The van der Waals surface area contributed by atoms with Gasteiger partial charge in [-0.3, -0.25) is 4.79 Å². The molecule has 0 spiro atoms. The molecule has 1 aliphatic rings. The summed E-state index contributed by atoms with van der Waals surface area (Å²) in [6.45, 7) is 8.01. The molecule has 0 bridgehead atoms. The van der Waals surface area contributed by atoms with E-state index in [4.69, 9.17) is 21.0 Å². The number of nitrogens with one attached hydrogen (secondary N) is 1. The smallest absolute Gasteiger partial charge is 0.231 e. The fraction of sp³-hybridized carbons (Fsp3) is 0.435. The van der Waals surface area contributed by atoms with E-state index in [1.54, 1.807) is 0 Å². The van der Waals surface area contributed by atoms with E-state index in [9.17, 15) is 4.79 Å². The van der Waals surface area contributed by atoms with Gasteiger partial charge in [-0.05, 0) is 57.7 Å². The number of fused-ring (bicyclic) bond motifs is 1. The van der Waals surface area contributed by atoms with Gasteiger partial charge in [0.25, 0.3) is 0 Å². The molecule has 0 saturated carbocycles. The van der Waals surface area contributed by atoms with Crippen LogP contribution < -0.4 is 10.2 Å². The number of hydrogen-bond donors (Lipinski definition) is 1. The molecule has 1 amide bonds. The summed E-state index contributed by atoms with van der Waals surface area (Å²) in [5.41, 5.74) is 2.85. The second kappa shape index (κ2) is 8.64. The first-order chi connectivity index (χ1) is 14.4. The van der Waals surface area contributed by atoms with E-state index >= 15 is 0 Å². The van der Waals surface area contributed by atoms with E-state index in [2.05, 4.69) is 15.2 Å². The van der Waals surface area contributed by atoms with Gasteiger partial charge in [-0.1, -0.05) is 23.7 Å². The molecule has 0 aliphatic carbocycles. The number of amides is 1. The quantitative estimate of drug-likeness (QED) is 0.655. The van der Waals surface area contributed by atoms with Crippen molar-refractivity contribution in [3.8, 4) is 0 Å². The molecule has 2 aromatic heterocycles. The number of carbonyl (C=O) groups is 1. The van der Waals surface area contributed by atoms with Gasteiger partial charge in [0.15, 0.2) is 0 Å². The SMILES string of the molecule is Cc1nc(N2CCC[C@@H](C(=O)NCCc3ccc(Cl)cc3)C2)c2c(C)c(C)oc2n1. The Hall–Kier alpha value is -2.60. The Kier molecular flexibility index (Phi) is 5.95. The number of hydrogen-bond acceptors (Lipinski definition) is 5. The number of rotatable bonds is 5. The van der Waals surface area contributed by atoms with Gasteiger partial charge in [0.1, 0.15) is 17.4 Å². The molecule has 1 aliphatic heterocycles. The van der Waals surface area contributed by atoms with Gasteiger partial charge in [0.2, 0.25) is 11.6 Å². The molecule has 1 fully saturated rings. The lowest BCUT2D eigenvalue weighted by Gasteiger charge is -2.33. The summed E-state index contributed by atoms with van der Waals surface area (Å²) in [6, 6.07) is 7.74. The Morgan fingerprint density at radius 1 is 1.23 bits per heavy atom. The van der Waals surface area contributed by atoms with E-state index < -0.39 is 0 Å². The Balaban J connectivity index is 1.44. The number of aryl methyl sites for hydroxylation is 3. The van der Waals surface area contributed by atoms with Crippen molar-refractivity contribution < 1.29 is 9.21 Å². The van der Waals surface area contributed by atoms with Gasteiger partial charge in [-0.25, -0.2) is 4.98 Å². The molecule has 0 radical (unpaired) electrons. The van der Waals surface area contributed by atoms with Crippen molar-refractivity contribution in [2.75, 3.05) is 24.5 Å². The van der Waals surface area contributed by atoms with Crippen molar-refractivity contribution in [3.63, 3.8) is 0 Å². The van der Waals surface area contributed by atoms with Crippen LogP contribution in [-0.4, -0.2) is 35.5 Å². The lowest BCUT2D eigenvalue weighted by molar-refractivity contribution is -0.125. The minimum absolute atomic E-state index is 0.0532. The van der Waals surface area contributed by atoms with Crippen LogP contribution in [0.25, 0.3) is 11.1 Å². The van der Waals surface area contributed by atoms with E-state index in [1.165, 1.54) is 0 Å². The molecule has 1 N–H and O–H groups in total. The predicted molar refractivity (Wildman–Crippen MR) is 119 cm³/mol. The second-order valence-electron chi connectivity index (χ2n) is 8.01. The topological polar surface area (TPSA) is 71.3 Å². The lowest BCUT2D eigenvalue weighted by Crippen LogP contribution is -2.44. The first-order valence-corrected chi connectivity index (χ1v) is 10.8. The number of aromatic nitrogens is 2. The second-order valence-corrected chi connectivity index (χ2v) is 8.45. The normalized spacial score (nSPS) is 16.8. The molecular weight excluding hydrogens is 400 g/mol.